The summed E-state index contributed by atoms with van der Waals surface area (Å²) in [5.41, 5.74) is 2.84. The van der Waals surface area contributed by atoms with Crippen LogP contribution in [0.1, 0.15) is 34.3 Å². The normalized spacial score (nSPS) is 15.9. The van der Waals surface area contributed by atoms with Crippen molar-refractivity contribution in [3.63, 3.8) is 0 Å². The van der Waals surface area contributed by atoms with Crippen LogP contribution in [-0.2, 0) is 21.2 Å². The van der Waals surface area contributed by atoms with Gasteiger partial charge in [-0.3, -0.25) is 4.79 Å². The number of aliphatic hydroxyl groups is 1. The summed E-state index contributed by atoms with van der Waals surface area (Å²) in [5, 5.41) is 11.6. The maximum absolute atomic E-state index is 13.0. The number of carbonyl (C=O) groups excluding carboxylic acids is 1. The number of rotatable bonds is 5. The molecule has 0 unspecified atom stereocenters. The Hall–Kier alpha value is -2.78. The lowest BCUT2D eigenvalue weighted by molar-refractivity contribution is -0.0210. The summed E-state index contributed by atoms with van der Waals surface area (Å²) in [6, 6.07) is 19.1. The first kappa shape index (κ1) is 23.9. The molecule has 0 bridgehead atoms. The molecule has 1 amide bonds. The Morgan fingerprint density at radius 3 is 2.46 bits per heavy atom. The van der Waals surface area contributed by atoms with Gasteiger partial charge in [0.25, 0.3) is 5.91 Å². The van der Waals surface area contributed by atoms with Crippen LogP contribution < -0.4 is 0 Å². The van der Waals surface area contributed by atoms with Crippen LogP contribution in [-0.4, -0.2) is 42.4 Å². The van der Waals surface area contributed by atoms with Crippen LogP contribution in [0.15, 0.2) is 77.1 Å². The molecule has 0 saturated carbocycles. The van der Waals surface area contributed by atoms with Crippen LogP contribution in [0.4, 0.5) is 0 Å². The smallest absolute Gasteiger partial charge is 0.253 e. The third-order valence-electron chi connectivity index (χ3n) is 6.47. The van der Waals surface area contributed by atoms with Gasteiger partial charge in [-0.1, -0.05) is 48.0 Å². The number of hydrogen-bond acceptors (Lipinski definition) is 6. The molecule has 0 atom stereocenters. The van der Waals surface area contributed by atoms with Gasteiger partial charge >= 0.3 is 0 Å². The molecule has 0 spiro atoms. The largest absolute Gasteiger partial charge is 0.385 e. The molecule has 9 heteroatoms. The van der Waals surface area contributed by atoms with E-state index in [4.69, 9.17) is 11.6 Å². The van der Waals surface area contributed by atoms with E-state index in [2.05, 4.69) is 4.98 Å². The van der Waals surface area contributed by atoms with Crippen LogP contribution in [0.5, 0.6) is 0 Å². The van der Waals surface area contributed by atoms with Crippen molar-refractivity contribution >= 4 is 48.9 Å². The Bertz CT molecular complexity index is 1490. The molecule has 0 radical (unpaired) electrons. The summed E-state index contributed by atoms with van der Waals surface area (Å²) < 4.78 is 26.9. The Balaban J connectivity index is 1.27. The zero-order chi connectivity index (χ0) is 24.6. The van der Waals surface area contributed by atoms with E-state index in [1.165, 1.54) is 11.3 Å². The van der Waals surface area contributed by atoms with Crippen molar-refractivity contribution in [2.45, 2.75) is 29.1 Å². The summed E-state index contributed by atoms with van der Waals surface area (Å²) in [4.78, 5) is 19.2. The van der Waals surface area contributed by atoms with E-state index in [1.54, 1.807) is 52.9 Å². The second kappa shape index (κ2) is 9.35. The fraction of sp³-hybridized carbons (Fsp3) is 0.231. The molecule has 1 aromatic heterocycles. The van der Waals surface area contributed by atoms with Crippen molar-refractivity contribution in [2.24, 2.45) is 0 Å². The topological polar surface area (TPSA) is 87.6 Å². The molecule has 1 fully saturated rings. The van der Waals surface area contributed by atoms with Crippen LogP contribution in [0.3, 0.4) is 0 Å². The highest BCUT2D eigenvalue weighted by molar-refractivity contribution is 7.90. The molecule has 5 rings (SSSR count). The van der Waals surface area contributed by atoms with Gasteiger partial charge in [0.05, 0.1) is 32.0 Å². The number of halogens is 1. The Morgan fingerprint density at radius 1 is 1.03 bits per heavy atom. The van der Waals surface area contributed by atoms with Gasteiger partial charge in [-0.25, -0.2) is 13.4 Å². The molecule has 1 aliphatic rings. The van der Waals surface area contributed by atoms with E-state index >= 15 is 0 Å². The van der Waals surface area contributed by atoms with Crippen molar-refractivity contribution in [3.8, 4) is 0 Å². The van der Waals surface area contributed by atoms with E-state index in [0.717, 1.165) is 4.70 Å². The number of amides is 1. The summed E-state index contributed by atoms with van der Waals surface area (Å²) in [7, 11) is -3.60. The minimum atomic E-state index is -3.60. The number of carbonyl (C=O) groups is 1. The molecule has 1 aliphatic heterocycles. The minimum absolute atomic E-state index is 0.146. The number of likely N-dealkylation sites (tertiary alicyclic amines) is 1. The SMILES string of the molecule is O=C(c1ccc(CS(=O)(=O)c2cccc3scnc23)cc1)N1CCC(O)(c2ccccc2Cl)CC1. The van der Waals surface area contributed by atoms with Gasteiger partial charge in [0.15, 0.2) is 9.84 Å². The van der Waals surface area contributed by atoms with Gasteiger partial charge in [0.2, 0.25) is 0 Å². The second-order valence-corrected chi connectivity index (χ2v) is 12.0. The number of fused-ring (bicyclic) bond motifs is 1. The lowest BCUT2D eigenvalue weighted by Gasteiger charge is -2.39. The molecule has 1 saturated heterocycles. The summed E-state index contributed by atoms with van der Waals surface area (Å²) in [5.74, 6) is -0.319. The molecule has 180 valence electrons. The van der Waals surface area contributed by atoms with Crippen LogP contribution in [0.25, 0.3) is 10.2 Å². The first-order valence-electron chi connectivity index (χ1n) is 11.2. The van der Waals surface area contributed by atoms with Crippen LogP contribution in [0, 0.1) is 0 Å². The van der Waals surface area contributed by atoms with Gasteiger partial charge < -0.3 is 10.0 Å². The summed E-state index contributed by atoms with van der Waals surface area (Å²) in [6.07, 6.45) is 0.780. The number of thiazole rings is 1. The monoisotopic (exact) mass is 526 g/mol. The molecule has 2 heterocycles. The summed E-state index contributed by atoms with van der Waals surface area (Å²) in [6.45, 7) is 0.794. The molecule has 6 nitrogen and oxygen atoms in total. The van der Waals surface area contributed by atoms with Crippen molar-refractivity contribution in [2.75, 3.05) is 13.1 Å². The molecular weight excluding hydrogens is 504 g/mol. The van der Waals surface area contributed by atoms with Crippen LogP contribution >= 0.6 is 22.9 Å². The lowest BCUT2D eigenvalue weighted by Crippen LogP contribution is -2.45. The van der Waals surface area contributed by atoms with E-state index < -0.39 is 15.4 Å². The van der Waals surface area contributed by atoms with E-state index in [1.807, 2.05) is 24.3 Å². The van der Waals surface area contributed by atoms with Gasteiger partial charge in [-0.05, 0) is 48.7 Å². The number of piperidine rings is 1. The predicted octanol–water partition coefficient (Wildman–Crippen LogP) is 5.05. The van der Waals surface area contributed by atoms with Crippen LogP contribution in [0.2, 0.25) is 5.02 Å². The number of nitrogens with zero attached hydrogens (tertiary/aromatic N) is 2. The number of sulfone groups is 1. The number of aromatic nitrogens is 1. The summed E-state index contributed by atoms with van der Waals surface area (Å²) >= 11 is 7.68. The molecule has 4 aromatic rings. The molecular formula is C26H23ClN2O4S2. The number of benzene rings is 3. The van der Waals surface area contributed by atoms with Gasteiger partial charge in [-0.2, -0.15) is 0 Å². The maximum atomic E-state index is 13.0. The standard InChI is InChI=1S/C26H23ClN2O4S2/c27-21-5-2-1-4-20(21)26(31)12-14-29(15-13-26)25(30)19-10-8-18(9-11-19)16-35(32,33)23-7-3-6-22-24(23)28-17-34-22/h1-11,17,31H,12-16H2. The highest BCUT2D eigenvalue weighted by Gasteiger charge is 2.37. The van der Waals surface area contributed by atoms with E-state index in [9.17, 15) is 18.3 Å². The number of para-hydroxylation sites is 1. The second-order valence-electron chi connectivity index (χ2n) is 8.71. The minimum Gasteiger partial charge on any atom is -0.385 e. The van der Waals surface area contributed by atoms with E-state index in [-0.39, 0.29) is 16.6 Å². The first-order valence-corrected chi connectivity index (χ1v) is 14.1. The zero-order valence-corrected chi connectivity index (χ0v) is 21.1. The van der Waals surface area contributed by atoms with Crippen molar-refractivity contribution < 1.29 is 18.3 Å². The Labute approximate surface area is 212 Å². The molecule has 3 aromatic carbocycles. The van der Waals surface area contributed by atoms with Gasteiger partial charge in [0.1, 0.15) is 0 Å². The van der Waals surface area contributed by atoms with Gasteiger partial charge in [0, 0.05) is 29.2 Å². The third-order valence-corrected chi connectivity index (χ3v) is 9.31. The fourth-order valence-electron chi connectivity index (χ4n) is 4.52. The van der Waals surface area contributed by atoms with Crippen molar-refractivity contribution in [1.29, 1.82) is 0 Å². The molecule has 0 aliphatic carbocycles. The average Bonchev–Trinajstić information content (AvgIpc) is 3.33. The molecule has 1 N–H and O–H groups in total. The highest BCUT2D eigenvalue weighted by atomic mass is 35.5. The number of hydrogen-bond donors (Lipinski definition) is 1. The Kier molecular flexibility index (Phi) is 6.40. The zero-order valence-electron chi connectivity index (χ0n) is 18.7. The Morgan fingerprint density at radius 2 is 1.74 bits per heavy atom. The highest BCUT2D eigenvalue weighted by Crippen LogP contribution is 2.37. The van der Waals surface area contributed by atoms with E-state index in [0.29, 0.717) is 53.2 Å². The lowest BCUT2D eigenvalue weighted by atomic mass is 9.84. The third kappa shape index (κ3) is 4.71. The van der Waals surface area contributed by atoms with Crippen molar-refractivity contribution in [3.05, 3.63) is 94.0 Å². The first-order chi connectivity index (χ1) is 16.8. The maximum Gasteiger partial charge on any atom is 0.253 e. The van der Waals surface area contributed by atoms with Crippen molar-refractivity contribution in [1.82, 2.24) is 9.88 Å². The average molecular weight is 527 g/mol. The predicted molar refractivity (Wildman–Crippen MR) is 137 cm³/mol. The molecule has 35 heavy (non-hydrogen) atoms. The fourth-order valence-corrected chi connectivity index (χ4v) is 7.13. The van der Waals surface area contributed by atoms with Gasteiger partial charge in [-0.15, -0.1) is 11.3 Å². The quantitative estimate of drug-likeness (QED) is 0.393.